The van der Waals surface area contributed by atoms with Gasteiger partial charge < -0.3 is 10.8 Å². The minimum atomic E-state index is -0.686. The van der Waals surface area contributed by atoms with Crippen LogP contribution in [0.3, 0.4) is 0 Å². The van der Waals surface area contributed by atoms with Crippen LogP contribution in [0.15, 0.2) is 0 Å². The second-order valence-electron chi connectivity index (χ2n) is 5.43. The quantitative estimate of drug-likeness (QED) is 0.730. The average molecular weight is 199 g/mol. The van der Waals surface area contributed by atoms with Crippen molar-refractivity contribution in [1.29, 1.82) is 0 Å². The van der Waals surface area contributed by atoms with E-state index in [0.29, 0.717) is 6.54 Å². The van der Waals surface area contributed by atoms with E-state index >= 15 is 0 Å². The van der Waals surface area contributed by atoms with Gasteiger partial charge in [-0.25, -0.2) is 0 Å². The molecule has 1 aliphatic rings. The molecule has 1 rings (SSSR count). The Morgan fingerprint density at radius 3 is 2.43 bits per heavy atom. The summed E-state index contributed by atoms with van der Waals surface area (Å²) in [4.78, 5) is 10.7. The molecule has 0 heterocycles. The van der Waals surface area contributed by atoms with E-state index < -0.39 is 5.97 Å². The molecule has 1 saturated carbocycles. The van der Waals surface area contributed by atoms with Crippen molar-refractivity contribution in [2.75, 3.05) is 6.54 Å². The van der Waals surface area contributed by atoms with Crippen LogP contribution in [0.1, 0.15) is 46.0 Å². The third-order valence-corrected chi connectivity index (χ3v) is 3.49. The Hall–Kier alpha value is -0.570. The summed E-state index contributed by atoms with van der Waals surface area (Å²) in [6, 6.07) is 0. The normalized spacial score (nSPS) is 38.2. The third-order valence-electron chi connectivity index (χ3n) is 3.49. The van der Waals surface area contributed by atoms with Crippen LogP contribution < -0.4 is 5.73 Å². The van der Waals surface area contributed by atoms with Crippen molar-refractivity contribution < 1.29 is 9.90 Å². The first-order valence-electron chi connectivity index (χ1n) is 5.31. The fourth-order valence-electron chi connectivity index (χ4n) is 2.84. The summed E-state index contributed by atoms with van der Waals surface area (Å²) in [5, 5.41) is 8.84. The van der Waals surface area contributed by atoms with Gasteiger partial charge in [-0.2, -0.15) is 0 Å². The topological polar surface area (TPSA) is 63.3 Å². The highest BCUT2D eigenvalue weighted by Gasteiger charge is 2.39. The monoisotopic (exact) mass is 199 g/mol. The molecule has 0 aromatic rings. The number of aliphatic carboxylic acids is 1. The molecule has 0 spiro atoms. The second-order valence-corrected chi connectivity index (χ2v) is 5.43. The van der Waals surface area contributed by atoms with Crippen molar-refractivity contribution in [2.45, 2.75) is 46.0 Å². The van der Waals surface area contributed by atoms with Gasteiger partial charge in [0.2, 0.25) is 0 Å². The molecular formula is C11H21NO2. The van der Waals surface area contributed by atoms with Gasteiger partial charge in [-0.1, -0.05) is 20.3 Å². The molecule has 0 aromatic carbocycles. The lowest BCUT2D eigenvalue weighted by molar-refractivity contribution is -0.140. The molecule has 0 aromatic heterocycles. The van der Waals surface area contributed by atoms with Crippen LogP contribution in [-0.2, 0) is 4.79 Å². The molecule has 3 nitrogen and oxygen atoms in total. The van der Waals surface area contributed by atoms with Crippen molar-refractivity contribution >= 4 is 5.97 Å². The molecule has 82 valence electrons. The van der Waals surface area contributed by atoms with Crippen LogP contribution in [-0.4, -0.2) is 17.6 Å². The summed E-state index contributed by atoms with van der Waals surface area (Å²) in [6.07, 6.45) is 4.50. The second kappa shape index (κ2) is 3.89. The summed E-state index contributed by atoms with van der Waals surface area (Å²) in [5.74, 6) is -0.686. The Kier molecular flexibility index (Phi) is 3.20. The Morgan fingerprint density at radius 2 is 1.93 bits per heavy atom. The van der Waals surface area contributed by atoms with Gasteiger partial charge in [0.25, 0.3) is 0 Å². The zero-order chi connectivity index (χ0) is 10.8. The number of carboxylic acid groups (broad SMARTS) is 1. The maximum absolute atomic E-state index is 10.7. The summed E-state index contributed by atoms with van der Waals surface area (Å²) in [6.45, 7) is 4.92. The zero-order valence-electron chi connectivity index (χ0n) is 9.18. The van der Waals surface area contributed by atoms with E-state index in [4.69, 9.17) is 10.8 Å². The summed E-state index contributed by atoms with van der Waals surface area (Å²) < 4.78 is 0. The van der Waals surface area contributed by atoms with Crippen molar-refractivity contribution in [3.8, 4) is 0 Å². The SMILES string of the molecule is CC1(CN)CCCC(C)(CC(=O)O)C1. The van der Waals surface area contributed by atoms with E-state index in [-0.39, 0.29) is 17.3 Å². The summed E-state index contributed by atoms with van der Waals surface area (Å²) in [7, 11) is 0. The van der Waals surface area contributed by atoms with Crippen LogP contribution in [0.2, 0.25) is 0 Å². The number of hydrogen-bond donors (Lipinski definition) is 2. The van der Waals surface area contributed by atoms with Gasteiger partial charge in [-0.3, -0.25) is 4.79 Å². The maximum atomic E-state index is 10.7. The molecule has 0 aliphatic heterocycles. The fraction of sp³-hybridized carbons (Fsp3) is 0.909. The molecule has 1 fully saturated rings. The van der Waals surface area contributed by atoms with Gasteiger partial charge in [0.1, 0.15) is 0 Å². The Bertz CT molecular complexity index is 229. The highest BCUT2D eigenvalue weighted by atomic mass is 16.4. The average Bonchev–Trinajstić information content (AvgIpc) is 2.01. The van der Waals surface area contributed by atoms with Crippen LogP contribution in [0.25, 0.3) is 0 Å². The number of carbonyl (C=O) groups is 1. The van der Waals surface area contributed by atoms with Gasteiger partial charge in [0.05, 0.1) is 6.42 Å². The smallest absolute Gasteiger partial charge is 0.303 e. The predicted molar refractivity (Wildman–Crippen MR) is 56.0 cm³/mol. The zero-order valence-corrected chi connectivity index (χ0v) is 9.18. The van der Waals surface area contributed by atoms with E-state index in [1.165, 1.54) is 0 Å². The lowest BCUT2D eigenvalue weighted by atomic mass is 9.62. The van der Waals surface area contributed by atoms with E-state index in [2.05, 4.69) is 13.8 Å². The predicted octanol–water partition coefficient (Wildman–Crippen LogP) is 2.01. The van der Waals surface area contributed by atoms with Crippen LogP contribution in [0.5, 0.6) is 0 Å². The van der Waals surface area contributed by atoms with Crippen molar-refractivity contribution in [3.05, 3.63) is 0 Å². The van der Waals surface area contributed by atoms with Crippen molar-refractivity contribution in [1.82, 2.24) is 0 Å². The molecular weight excluding hydrogens is 178 g/mol. The van der Waals surface area contributed by atoms with Gasteiger partial charge in [-0.15, -0.1) is 0 Å². The lowest BCUT2D eigenvalue weighted by Crippen LogP contribution is -2.38. The Morgan fingerprint density at radius 1 is 1.36 bits per heavy atom. The van der Waals surface area contributed by atoms with Crippen LogP contribution in [0.4, 0.5) is 0 Å². The van der Waals surface area contributed by atoms with Gasteiger partial charge in [-0.05, 0) is 36.6 Å². The Labute approximate surface area is 85.7 Å². The van der Waals surface area contributed by atoms with E-state index in [1.807, 2.05) is 0 Å². The number of carboxylic acids is 1. The fourth-order valence-corrected chi connectivity index (χ4v) is 2.84. The molecule has 0 amide bonds. The van der Waals surface area contributed by atoms with Gasteiger partial charge >= 0.3 is 5.97 Å². The molecule has 1 aliphatic carbocycles. The van der Waals surface area contributed by atoms with E-state index in [0.717, 1.165) is 25.7 Å². The first kappa shape index (κ1) is 11.5. The molecule has 2 atom stereocenters. The number of rotatable bonds is 3. The first-order valence-corrected chi connectivity index (χ1v) is 5.31. The van der Waals surface area contributed by atoms with Gasteiger partial charge in [0, 0.05) is 0 Å². The minimum absolute atomic E-state index is 0.0434. The minimum Gasteiger partial charge on any atom is -0.481 e. The largest absolute Gasteiger partial charge is 0.481 e. The van der Waals surface area contributed by atoms with E-state index in [9.17, 15) is 4.79 Å². The summed E-state index contributed by atoms with van der Waals surface area (Å²) in [5.41, 5.74) is 5.85. The highest BCUT2D eigenvalue weighted by Crippen LogP contribution is 2.47. The molecule has 0 bridgehead atoms. The lowest BCUT2D eigenvalue weighted by Gasteiger charge is -2.43. The van der Waals surface area contributed by atoms with Crippen molar-refractivity contribution in [2.24, 2.45) is 16.6 Å². The molecule has 0 radical (unpaired) electrons. The van der Waals surface area contributed by atoms with Gasteiger partial charge in [0.15, 0.2) is 0 Å². The van der Waals surface area contributed by atoms with Crippen molar-refractivity contribution in [3.63, 3.8) is 0 Å². The van der Waals surface area contributed by atoms with E-state index in [1.54, 1.807) is 0 Å². The van der Waals surface area contributed by atoms with Crippen LogP contribution in [0, 0.1) is 10.8 Å². The molecule has 0 saturated heterocycles. The summed E-state index contributed by atoms with van der Waals surface area (Å²) >= 11 is 0. The Balaban J connectivity index is 2.66. The molecule has 3 heteroatoms. The maximum Gasteiger partial charge on any atom is 0.303 e. The number of nitrogens with two attached hydrogens (primary N) is 1. The highest BCUT2D eigenvalue weighted by molar-refractivity contribution is 5.67. The third kappa shape index (κ3) is 2.71. The van der Waals surface area contributed by atoms with Crippen LogP contribution >= 0.6 is 0 Å². The first-order chi connectivity index (χ1) is 6.39. The molecule has 3 N–H and O–H groups in total. The molecule has 14 heavy (non-hydrogen) atoms. The standard InChI is InChI=1S/C11H21NO2/c1-10(6-9(13)14)4-3-5-11(2,7-10)8-12/h3-8,12H2,1-2H3,(H,13,14). The molecule has 2 unspecified atom stereocenters. The number of hydrogen-bond acceptors (Lipinski definition) is 2.